The topological polar surface area (TPSA) is 186 Å². The van der Waals surface area contributed by atoms with Crippen LogP contribution in [-0.2, 0) is 10.0 Å². The molecule has 3 rings (SSSR count). The molecular formula is C16H14N6O6S. The minimum Gasteiger partial charge on any atom is -0.506 e. The van der Waals surface area contributed by atoms with Gasteiger partial charge in [-0.25, -0.2) is 18.2 Å². The summed E-state index contributed by atoms with van der Waals surface area (Å²) in [5.41, 5.74) is -0.506. The number of aryl methyl sites for hydroxylation is 1. The summed E-state index contributed by atoms with van der Waals surface area (Å²) in [5.74, 6) is -0.341. The van der Waals surface area contributed by atoms with Crippen LogP contribution in [0.15, 0.2) is 62.4 Å². The van der Waals surface area contributed by atoms with E-state index in [-0.39, 0.29) is 27.7 Å². The zero-order chi connectivity index (χ0) is 21.3. The number of hydrogen-bond donors (Lipinski definition) is 3. The van der Waals surface area contributed by atoms with Crippen molar-refractivity contribution in [2.75, 3.05) is 0 Å². The van der Waals surface area contributed by atoms with Crippen LogP contribution in [0.3, 0.4) is 0 Å². The second-order valence-electron chi connectivity index (χ2n) is 5.90. The summed E-state index contributed by atoms with van der Waals surface area (Å²) >= 11 is 0. The molecule has 0 radical (unpaired) electrons. The van der Waals surface area contributed by atoms with Crippen molar-refractivity contribution in [3.05, 3.63) is 68.6 Å². The highest BCUT2D eigenvalue weighted by Crippen LogP contribution is 2.31. The zero-order valence-electron chi connectivity index (χ0n) is 14.8. The van der Waals surface area contributed by atoms with Crippen molar-refractivity contribution < 1.29 is 18.4 Å². The normalized spacial score (nSPS) is 11.8. The summed E-state index contributed by atoms with van der Waals surface area (Å²) in [6.07, 6.45) is 0. The first kappa shape index (κ1) is 19.9. The van der Waals surface area contributed by atoms with Gasteiger partial charge in [0.15, 0.2) is 5.69 Å². The van der Waals surface area contributed by atoms with Crippen LogP contribution in [0.2, 0.25) is 0 Å². The summed E-state index contributed by atoms with van der Waals surface area (Å²) in [7, 11) is -3.87. The molecule has 2 aromatic carbocycles. The Morgan fingerprint density at radius 3 is 2.41 bits per heavy atom. The Hall–Kier alpha value is -3.84. The highest BCUT2D eigenvalue weighted by molar-refractivity contribution is 7.89. The maximum Gasteiger partial charge on any atom is 0.299 e. The first-order valence-corrected chi connectivity index (χ1v) is 9.46. The largest absolute Gasteiger partial charge is 0.506 e. The van der Waals surface area contributed by atoms with E-state index in [9.17, 15) is 28.4 Å². The van der Waals surface area contributed by atoms with E-state index in [4.69, 9.17) is 5.14 Å². The summed E-state index contributed by atoms with van der Waals surface area (Å²) in [4.78, 5) is 22.7. The predicted molar refractivity (Wildman–Crippen MR) is 101 cm³/mol. The van der Waals surface area contributed by atoms with Crippen LogP contribution in [-0.4, -0.2) is 28.2 Å². The lowest BCUT2D eigenvalue weighted by Crippen LogP contribution is -2.15. The van der Waals surface area contributed by atoms with Crippen LogP contribution in [0, 0.1) is 17.0 Å². The van der Waals surface area contributed by atoms with Gasteiger partial charge in [-0.15, -0.1) is 10.2 Å². The molecule has 0 saturated heterocycles. The number of nitro benzene ring substituents is 1. The molecule has 0 spiro atoms. The molecule has 0 atom stereocenters. The van der Waals surface area contributed by atoms with Crippen molar-refractivity contribution in [3.8, 4) is 11.4 Å². The fraction of sp³-hybridized carbons (Fsp3) is 0.0625. The monoisotopic (exact) mass is 418 g/mol. The Balaban J connectivity index is 1.99. The molecular weight excluding hydrogens is 404 g/mol. The molecule has 0 aliphatic carbocycles. The van der Waals surface area contributed by atoms with E-state index in [1.807, 2.05) is 0 Å². The summed E-state index contributed by atoms with van der Waals surface area (Å²) in [6, 6.07) is 8.47. The number of aromatic amines is 1. The lowest BCUT2D eigenvalue weighted by molar-refractivity contribution is -0.384. The van der Waals surface area contributed by atoms with Crippen LogP contribution in [0.1, 0.15) is 5.69 Å². The first-order chi connectivity index (χ1) is 13.6. The molecule has 13 heteroatoms. The van der Waals surface area contributed by atoms with Crippen molar-refractivity contribution >= 4 is 27.1 Å². The molecule has 1 aromatic heterocycles. The molecule has 12 nitrogen and oxygen atoms in total. The van der Waals surface area contributed by atoms with Gasteiger partial charge in [0.1, 0.15) is 11.4 Å². The lowest BCUT2D eigenvalue weighted by Gasteiger charge is -2.02. The third-order valence-corrected chi connectivity index (χ3v) is 4.82. The van der Waals surface area contributed by atoms with Gasteiger partial charge in [-0.05, 0) is 37.3 Å². The third-order valence-electron chi connectivity index (χ3n) is 3.89. The Morgan fingerprint density at radius 1 is 1.17 bits per heavy atom. The van der Waals surface area contributed by atoms with E-state index in [1.54, 1.807) is 6.92 Å². The van der Waals surface area contributed by atoms with Crippen LogP contribution >= 0.6 is 0 Å². The molecule has 0 amide bonds. The van der Waals surface area contributed by atoms with Crippen LogP contribution in [0.5, 0.6) is 5.75 Å². The van der Waals surface area contributed by atoms with Crippen molar-refractivity contribution in [3.63, 3.8) is 0 Å². The van der Waals surface area contributed by atoms with Crippen LogP contribution < -0.4 is 10.7 Å². The molecule has 0 fully saturated rings. The number of nitrogens with zero attached hydrogens (tertiary/aromatic N) is 4. The van der Waals surface area contributed by atoms with Gasteiger partial charge in [0, 0.05) is 12.1 Å². The Labute approximate surface area is 163 Å². The zero-order valence-corrected chi connectivity index (χ0v) is 15.6. The number of H-pyrrole nitrogens is 1. The fourth-order valence-corrected chi connectivity index (χ4v) is 2.95. The molecule has 1 heterocycles. The number of nitrogens with two attached hydrogens (primary N) is 1. The molecule has 29 heavy (non-hydrogen) atoms. The number of nitrogens with one attached hydrogen (secondary N) is 1. The highest BCUT2D eigenvalue weighted by Gasteiger charge is 2.15. The van der Waals surface area contributed by atoms with Gasteiger partial charge in [-0.2, -0.15) is 0 Å². The molecule has 0 unspecified atom stereocenters. The number of aromatic hydroxyl groups is 1. The van der Waals surface area contributed by atoms with E-state index in [2.05, 4.69) is 15.3 Å². The standard InChI is InChI=1S/C16H14N6O6S/c1-9-15(19-18-13-8-11(22(25)26)4-7-14(13)23)16(24)21(20-9)10-2-5-12(6-3-10)29(17,27)28/h2-8,20,23H,1H3,(H2,17,27,28). The molecule has 3 aromatic rings. The van der Waals surface area contributed by atoms with Crippen molar-refractivity contribution in [1.82, 2.24) is 9.78 Å². The number of phenolic OH excluding ortho intramolecular Hbond substituents is 1. The number of azo groups is 1. The van der Waals surface area contributed by atoms with E-state index < -0.39 is 20.5 Å². The van der Waals surface area contributed by atoms with Gasteiger partial charge in [-0.1, -0.05) is 0 Å². The smallest absolute Gasteiger partial charge is 0.299 e. The quantitative estimate of drug-likeness (QED) is 0.323. The predicted octanol–water partition coefficient (Wildman–Crippen LogP) is 2.15. The van der Waals surface area contributed by atoms with Crippen molar-refractivity contribution in [2.24, 2.45) is 15.4 Å². The van der Waals surface area contributed by atoms with Crippen molar-refractivity contribution in [1.29, 1.82) is 0 Å². The summed E-state index contributed by atoms with van der Waals surface area (Å²) in [5, 5.41) is 36.0. The van der Waals surface area contributed by atoms with Gasteiger partial charge in [-0.3, -0.25) is 20.0 Å². The third kappa shape index (κ3) is 4.04. The minimum atomic E-state index is -3.87. The number of aromatic nitrogens is 2. The summed E-state index contributed by atoms with van der Waals surface area (Å²) in [6.45, 7) is 1.55. The number of nitro groups is 1. The number of rotatable bonds is 5. The van der Waals surface area contributed by atoms with E-state index in [0.29, 0.717) is 11.4 Å². The summed E-state index contributed by atoms with van der Waals surface area (Å²) < 4.78 is 23.8. The lowest BCUT2D eigenvalue weighted by atomic mass is 10.2. The van der Waals surface area contributed by atoms with Crippen molar-refractivity contribution in [2.45, 2.75) is 11.8 Å². The maximum atomic E-state index is 12.6. The number of benzene rings is 2. The molecule has 0 aliphatic rings. The molecule has 0 aliphatic heterocycles. The number of phenols is 1. The Bertz CT molecular complexity index is 1290. The number of non-ortho nitro benzene ring substituents is 1. The van der Waals surface area contributed by atoms with Gasteiger partial charge in [0.05, 0.1) is 21.2 Å². The first-order valence-electron chi connectivity index (χ1n) is 7.92. The van der Waals surface area contributed by atoms with E-state index in [1.165, 1.54) is 24.3 Å². The Kier molecular flexibility index (Phi) is 5.01. The number of hydrogen-bond acceptors (Lipinski definition) is 8. The average molecular weight is 418 g/mol. The molecule has 0 bridgehead atoms. The van der Waals surface area contributed by atoms with E-state index in [0.717, 1.165) is 22.9 Å². The number of sulfonamides is 1. The average Bonchev–Trinajstić information content (AvgIpc) is 2.94. The maximum absolute atomic E-state index is 12.6. The fourth-order valence-electron chi connectivity index (χ4n) is 2.43. The minimum absolute atomic E-state index is 0.0913. The molecule has 150 valence electrons. The van der Waals surface area contributed by atoms with Gasteiger partial charge in [0.25, 0.3) is 11.2 Å². The molecule has 4 N–H and O–H groups in total. The second kappa shape index (κ2) is 7.29. The Morgan fingerprint density at radius 2 is 1.83 bits per heavy atom. The molecule has 0 saturated carbocycles. The second-order valence-corrected chi connectivity index (χ2v) is 7.46. The van der Waals surface area contributed by atoms with Gasteiger partial charge < -0.3 is 5.11 Å². The van der Waals surface area contributed by atoms with E-state index >= 15 is 0 Å². The van der Waals surface area contributed by atoms with Gasteiger partial charge >= 0.3 is 0 Å². The SMILES string of the molecule is Cc1[nH]n(-c2ccc(S(N)(=O)=O)cc2)c(=O)c1N=Nc1cc([N+](=O)[O-])ccc1O. The number of primary sulfonamides is 1. The highest BCUT2D eigenvalue weighted by atomic mass is 32.2. The van der Waals surface area contributed by atoms with Crippen LogP contribution in [0.25, 0.3) is 5.69 Å². The van der Waals surface area contributed by atoms with Crippen LogP contribution in [0.4, 0.5) is 17.1 Å². The van der Waals surface area contributed by atoms with Gasteiger partial charge in [0.2, 0.25) is 10.0 Å².